The van der Waals surface area contributed by atoms with E-state index in [1.54, 1.807) is 31.2 Å². The van der Waals surface area contributed by atoms with Crippen LogP contribution in [0.2, 0.25) is 0 Å². The molecule has 27 heavy (non-hydrogen) atoms. The van der Waals surface area contributed by atoms with Crippen LogP contribution in [-0.4, -0.2) is 24.6 Å². The summed E-state index contributed by atoms with van der Waals surface area (Å²) in [4.78, 5) is 25.3. The average Bonchev–Trinajstić information content (AvgIpc) is 3.03. The molecule has 0 saturated carbocycles. The lowest BCUT2D eigenvalue weighted by Gasteiger charge is -2.13. The molecule has 0 bridgehead atoms. The zero-order valence-electron chi connectivity index (χ0n) is 15.0. The number of amides is 1. The van der Waals surface area contributed by atoms with Gasteiger partial charge in [-0.15, -0.1) is 11.3 Å². The first-order valence-electron chi connectivity index (χ1n) is 8.81. The molecular weight excluding hydrogens is 364 g/mol. The van der Waals surface area contributed by atoms with Crippen LogP contribution in [0.5, 0.6) is 5.75 Å². The number of thiophene rings is 1. The number of anilines is 1. The molecule has 0 aliphatic heterocycles. The molecule has 7 heteroatoms. The highest BCUT2D eigenvalue weighted by molar-refractivity contribution is 7.16. The Hall–Kier alpha value is -2.85. The van der Waals surface area contributed by atoms with E-state index in [2.05, 4.69) is 11.4 Å². The molecule has 0 spiro atoms. The summed E-state index contributed by atoms with van der Waals surface area (Å²) in [5.74, 6) is -0.542. The third-order valence-corrected chi connectivity index (χ3v) is 5.48. The first-order chi connectivity index (χ1) is 13.1. The average molecular weight is 384 g/mol. The first kappa shape index (κ1) is 18.9. The number of hydrogen-bond donors (Lipinski definition) is 1. The summed E-state index contributed by atoms with van der Waals surface area (Å²) in [5, 5.41) is 12.7. The van der Waals surface area contributed by atoms with Crippen molar-refractivity contribution in [2.24, 2.45) is 0 Å². The van der Waals surface area contributed by atoms with Crippen LogP contribution < -0.4 is 10.1 Å². The number of nitrogens with one attached hydrogen (secondary N) is 1. The van der Waals surface area contributed by atoms with E-state index in [4.69, 9.17) is 9.47 Å². The van der Waals surface area contributed by atoms with Crippen molar-refractivity contribution < 1.29 is 19.1 Å². The monoisotopic (exact) mass is 384 g/mol. The van der Waals surface area contributed by atoms with Gasteiger partial charge >= 0.3 is 5.97 Å². The minimum atomic E-state index is -0.830. The normalized spacial score (nSPS) is 13.8. The Morgan fingerprint density at radius 3 is 2.74 bits per heavy atom. The Balaban J connectivity index is 1.53. The third kappa shape index (κ3) is 4.66. The highest BCUT2D eigenvalue weighted by atomic mass is 32.1. The molecule has 1 amide bonds. The lowest BCUT2D eigenvalue weighted by atomic mass is 9.96. The van der Waals surface area contributed by atoms with Gasteiger partial charge in [-0.1, -0.05) is 18.2 Å². The standard InChI is InChI=1S/C20H20N2O4S/c1-13(26-14-7-3-2-4-8-14)20(24)25-12-18(23)22-19-16(11-21)15-9-5-6-10-17(15)27-19/h2-4,7-8,13H,5-6,9-10,12H2,1H3,(H,22,23)/t13-/m1/s1. The number of nitrogens with zero attached hydrogens (tertiary/aromatic N) is 1. The minimum Gasteiger partial charge on any atom is -0.479 e. The summed E-state index contributed by atoms with van der Waals surface area (Å²) in [7, 11) is 0. The predicted octanol–water partition coefficient (Wildman–Crippen LogP) is 3.45. The maximum atomic E-state index is 12.1. The number of esters is 1. The van der Waals surface area contributed by atoms with Gasteiger partial charge in [-0.3, -0.25) is 4.79 Å². The van der Waals surface area contributed by atoms with Crippen LogP contribution in [0.1, 0.15) is 35.8 Å². The maximum Gasteiger partial charge on any atom is 0.347 e. The molecule has 1 atom stereocenters. The zero-order chi connectivity index (χ0) is 19.2. The van der Waals surface area contributed by atoms with Gasteiger partial charge in [-0.25, -0.2) is 4.79 Å². The van der Waals surface area contributed by atoms with Crippen molar-refractivity contribution >= 4 is 28.2 Å². The topological polar surface area (TPSA) is 88.4 Å². The number of aryl methyl sites for hydroxylation is 1. The van der Waals surface area contributed by atoms with Crippen LogP contribution in [0.15, 0.2) is 30.3 Å². The number of hydrogen-bond acceptors (Lipinski definition) is 6. The quantitative estimate of drug-likeness (QED) is 0.771. The number of rotatable bonds is 6. The number of carbonyl (C=O) groups excluding carboxylic acids is 2. The second-order valence-electron chi connectivity index (χ2n) is 6.26. The van der Waals surface area contributed by atoms with E-state index in [0.717, 1.165) is 36.1 Å². The fourth-order valence-electron chi connectivity index (χ4n) is 2.94. The molecule has 1 aliphatic rings. The molecule has 1 aromatic carbocycles. The first-order valence-corrected chi connectivity index (χ1v) is 9.63. The van der Waals surface area contributed by atoms with Crippen molar-refractivity contribution in [3.63, 3.8) is 0 Å². The van der Waals surface area contributed by atoms with Crippen molar-refractivity contribution in [3.8, 4) is 11.8 Å². The number of nitriles is 1. The summed E-state index contributed by atoms with van der Waals surface area (Å²) in [6.45, 7) is 1.14. The zero-order valence-corrected chi connectivity index (χ0v) is 15.8. The molecule has 1 heterocycles. The molecule has 2 aromatic rings. The van der Waals surface area contributed by atoms with Gasteiger partial charge in [0, 0.05) is 4.88 Å². The van der Waals surface area contributed by atoms with E-state index in [9.17, 15) is 14.9 Å². The predicted molar refractivity (Wildman–Crippen MR) is 102 cm³/mol. The number of carbonyl (C=O) groups is 2. The van der Waals surface area contributed by atoms with Crippen molar-refractivity contribution in [1.82, 2.24) is 0 Å². The number of benzene rings is 1. The Kier molecular flexibility index (Phi) is 6.09. The molecule has 3 rings (SSSR count). The SMILES string of the molecule is C[C@@H](Oc1ccccc1)C(=O)OCC(=O)Nc1sc2c(c1C#N)CCCC2. The Morgan fingerprint density at radius 1 is 1.26 bits per heavy atom. The van der Waals surface area contributed by atoms with Crippen LogP contribution in [0.3, 0.4) is 0 Å². The molecular formula is C20H20N2O4S. The van der Waals surface area contributed by atoms with E-state index >= 15 is 0 Å². The Morgan fingerprint density at radius 2 is 2.00 bits per heavy atom. The lowest BCUT2D eigenvalue weighted by molar-refractivity contribution is -0.153. The fraction of sp³-hybridized carbons (Fsp3) is 0.350. The van der Waals surface area contributed by atoms with E-state index in [0.29, 0.717) is 16.3 Å². The third-order valence-electron chi connectivity index (χ3n) is 4.27. The minimum absolute atomic E-state index is 0.422. The second kappa shape index (κ2) is 8.69. The van der Waals surface area contributed by atoms with E-state index in [1.807, 2.05) is 6.07 Å². The van der Waals surface area contributed by atoms with Crippen molar-refractivity contribution in [2.75, 3.05) is 11.9 Å². The summed E-state index contributed by atoms with van der Waals surface area (Å²) < 4.78 is 10.5. The van der Waals surface area contributed by atoms with Crippen LogP contribution in [0, 0.1) is 11.3 Å². The van der Waals surface area contributed by atoms with Gasteiger partial charge in [0.05, 0.1) is 5.56 Å². The summed E-state index contributed by atoms with van der Waals surface area (Å²) in [6, 6.07) is 11.1. The maximum absolute atomic E-state index is 12.1. The smallest absolute Gasteiger partial charge is 0.347 e. The molecule has 0 radical (unpaired) electrons. The van der Waals surface area contributed by atoms with E-state index in [1.165, 1.54) is 11.3 Å². The Labute approximate surface area is 161 Å². The van der Waals surface area contributed by atoms with Crippen molar-refractivity contribution in [3.05, 3.63) is 46.3 Å². The van der Waals surface area contributed by atoms with Gasteiger partial charge in [-0.05, 0) is 50.3 Å². The van der Waals surface area contributed by atoms with Gasteiger partial charge in [-0.2, -0.15) is 5.26 Å². The summed E-state index contributed by atoms with van der Waals surface area (Å²) in [5.41, 5.74) is 1.58. The highest BCUT2D eigenvalue weighted by Gasteiger charge is 2.23. The van der Waals surface area contributed by atoms with Crippen LogP contribution in [0.4, 0.5) is 5.00 Å². The van der Waals surface area contributed by atoms with Gasteiger partial charge in [0.25, 0.3) is 5.91 Å². The molecule has 0 fully saturated rings. The van der Waals surface area contributed by atoms with Crippen molar-refractivity contribution in [2.45, 2.75) is 38.7 Å². The molecule has 1 N–H and O–H groups in total. The Bertz CT molecular complexity index is 870. The molecule has 140 valence electrons. The molecule has 6 nitrogen and oxygen atoms in total. The molecule has 0 saturated heterocycles. The number of ether oxygens (including phenoxy) is 2. The molecule has 0 unspecified atom stereocenters. The second-order valence-corrected chi connectivity index (χ2v) is 7.36. The largest absolute Gasteiger partial charge is 0.479 e. The molecule has 1 aliphatic carbocycles. The van der Waals surface area contributed by atoms with Crippen LogP contribution in [-0.2, 0) is 27.2 Å². The van der Waals surface area contributed by atoms with Gasteiger partial charge in [0.2, 0.25) is 0 Å². The number of fused-ring (bicyclic) bond motifs is 1. The highest BCUT2D eigenvalue weighted by Crippen LogP contribution is 2.37. The van der Waals surface area contributed by atoms with Gasteiger partial charge in [0.15, 0.2) is 12.7 Å². The lowest BCUT2D eigenvalue weighted by Crippen LogP contribution is -2.29. The number of para-hydroxylation sites is 1. The van der Waals surface area contributed by atoms with Crippen molar-refractivity contribution in [1.29, 1.82) is 5.26 Å². The summed E-state index contributed by atoms with van der Waals surface area (Å²) >= 11 is 1.44. The van der Waals surface area contributed by atoms with Gasteiger partial charge in [0.1, 0.15) is 16.8 Å². The fourth-order valence-corrected chi connectivity index (χ4v) is 4.20. The van der Waals surface area contributed by atoms with E-state index in [-0.39, 0.29) is 0 Å². The van der Waals surface area contributed by atoms with Gasteiger partial charge < -0.3 is 14.8 Å². The summed E-state index contributed by atoms with van der Waals surface area (Å²) in [6.07, 6.45) is 3.14. The van der Waals surface area contributed by atoms with Crippen LogP contribution in [0.25, 0.3) is 0 Å². The van der Waals surface area contributed by atoms with E-state index < -0.39 is 24.6 Å². The molecule has 1 aromatic heterocycles. The van der Waals surface area contributed by atoms with Crippen LogP contribution >= 0.6 is 11.3 Å².